The molecule has 1 saturated heterocycles. The van der Waals surface area contributed by atoms with Gasteiger partial charge in [-0.25, -0.2) is 0 Å². The lowest BCUT2D eigenvalue weighted by Gasteiger charge is -2.41. The first-order valence-electron chi connectivity index (χ1n) is 11.2. The van der Waals surface area contributed by atoms with Crippen LogP contribution in [0.3, 0.4) is 0 Å². The number of piperazine rings is 1. The van der Waals surface area contributed by atoms with Gasteiger partial charge in [0.25, 0.3) is 0 Å². The Balaban J connectivity index is 1.42. The molecule has 1 aromatic heterocycles. The van der Waals surface area contributed by atoms with Crippen LogP contribution in [0.5, 0.6) is 0 Å². The minimum absolute atomic E-state index is 0.280. The van der Waals surface area contributed by atoms with Crippen LogP contribution >= 0.6 is 11.6 Å². The molecule has 5 rings (SSSR count). The number of aromatic amines is 1. The highest BCUT2D eigenvalue weighted by molar-refractivity contribution is 6.30. The fourth-order valence-corrected chi connectivity index (χ4v) is 4.85. The number of para-hydroxylation sites is 2. The molecule has 2 atom stereocenters. The van der Waals surface area contributed by atoms with Gasteiger partial charge in [-0.1, -0.05) is 60.1 Å². The highest BCUT2D eigenvalue weighted by atomic mass is 35.5. The van der Waals surface area contributed by atoms with Gasteiger partial charge in [-0.2, -0.15) is 0 Å². The molecule has 1 fully saturated rings. The highest BCUT2D eigenvalue weighted by Crippen LogP contribution is 2.31. The average Bonchev–Trinajstić information content (AvgIpc) is 3.30. The largest absolute Gasteiger partial charge is 0.383 e. The second kappa shape index (κ2) is 9.40. The number of anilines is 1. The maximum Gasteiger partial charge on any atom is 0.195 e. The summed E-state index contributed by atoms with van der Waals surface area (Å²) in [6.45, 7) is 3.12. The number of benzene rings is 3. The molecule has 2 N–H and O–H groups in total. The number of aliphatic hydroxyl groups is 1. The number of ketones is 1. The number of hydrogen-bond acceptors (Lipinski definition) is 4. The molecule has 0 spiro atoms. The first kappa shape index (κ1) is 21.7. The lowest BCUT2D eigenvalue weighted by molar-refractivity contribution is 0.0366. The van der Waals surface area contributed by atoms with E-state index in [0.29, 0.717) is 10.6 Å². The lowest BCUT2D eigenvalue weighted by Crippen LogP contribution is -2.51. The van der Waals surface area contributed by atoms with Crippen LogP contribution in [0.4, 0.5) is 5.69 Å². The van der Waals surface area contributed by atoms with Gasteiger partial charge in [0.1, 0.15) is 6.10 Å². The number of rotatable bonds is 6. The molecule has 0 radical (unpaired) electrons. The van der Waals surface area contributed by atoms with E-state index in [0.717, 1.165) is 42.6 Å². The number of aliphatic hydroxyl groups excluding tert-OH is 1. The number of carbonyl (C=O) groups excluding carboxylic acids is 1. The number of aromatic nitrogens is 1. The third kappa shape index (κ3) is 4.40. The van der Waals surface area contributed by atoms with E-state index in [9.17, 15) is 9.90 Å². The zero-order valence-corrected chi connectivity index (χ0v) is 18.9. The summed E-state index contributed by atoms with van der Waals surface area (Å²) in [6.07, 6.45) is 0.497. The molecule has 1 aliphatic heterocycles. The number of Topliss-reactive ketones (excluding diaryl/α,β-unsaturated/α-hetero) is 1. The third-order valence-electron chi connectivity index (χ3n) is 6.46. The molecule has 168 valence electrons. The van der Waals surface area contributed by atoms with Gasteiger partial charge in [-0.15, -0.1) is 0 Å². The second-order valence-electron chi connectivity index (χ2n) is 8.41. The number of nitrogens with one attached hydrogen (secondary N) is 1. The normalized spacial score (nSPS) is 16.6. The summed E-state index contributed by atoms with van der Waals surface area (Å²) in [7, 11) is 0. The van der Waals surface area contributed by atoms with Crippen LogP contribution in [0.2, 0.25) is 5.02 Å². The van der Waals surface area contributed by atoms with E-state index in [-0.39, 0.29) is 5.78 Å². The molecular weight excluding hydrogens is 434 g/mol. The molecular formula is C27H26ClN3O2. The molecule has 0 saturated carbocycles. The van der Waals surface area contributed by atoms with Gasteiger partial charge in [0, 0.05) is 59.6 Å². The Labute approximate surface area is 198 Å². The molecule has 2 heterocycles. The minimum atomic E-state index is -1.20. The predicted molar refractivity (Wildman–Crippen MR) is 133 cm³/mol. The number of H-pyrrole nitrogens is 1. The zero-order chi connectivity index (χ0) is 22.8. The minimum Gasteiger partial charge on any atom is -0.383 e. The van der Waals surface area contributed by atoms with Crippen molar-refractivity contribution in [1.29, 1.82) is 0 Å². The number of hydrogen-bond donors (Lipinski definition) is 2. The van der Waals surface area contributed by atoms with Crippen molar-refractivity contribution in [2.45, 2.75) is 12.1 Å². The third-order valence-corrected chi connectivity index (χ3v) is 6.71. The Morgan fingerprint density at radius 2 is 1.55 bits per heavy atom. The van der Waals surface area contributed by atoms with Gasteiger partial charge in [0.15, 0.2) is 5.78 Å². The molecule has 3 aromatic carbocycles. The molecule has 5 nitrogen and oxygen atoms in total. The van der Waals surface area contributed by atoms with Crippen LogP contribution in [0.25, 0.3) is 10.9 Å². The summed E-state index contributed by atoms with van der Waals surface area (Å²) in [5.41, 5.74) is 3.47. The Morgan fingerprint density at radius 1 is 0.879 bits per heavy atom. The number of fused-ring (bicyclic) bond motifs is 1. The van der Waals surface area contributed by atoms with Crippen LogP contribution in [0.15, 0.2) is 85.1 Å². The lowest BCUT2D eigenvalue weighted by atomic mass is 9.93. The Morgan fingerprint density at radius 3 is 2.27 bits per heavy atom. The molecule has 0 aliphatic carbocycles. The Bertz CT molecular complexity index is 1230. The predicted octanol–water partition coefficient (Wildman–Crippen LogP) is 4.93. The van der Waals surface area contributed by atoms with E-state index in [1.54, 1.807) is 6.20 Å². The van der Waals surface area contributed by atoms with Crippen LogP contribution < -0.4 is 4.90 Å². The molecule has 4 aromatic rings. The monoisotopic (exact) mass is 459 g/mol. The van der Waals surface area contributed by atoms with Gasteiger partial charge in [-0.05, 0) is 35.9 Å². The van der Waals surface area contributed by atoms with Crippen molar-refractivity contribution in [3.05, 3.63) is 101 Å². The summed E-state index contributed by atoms with van der Waals surface area (Å²) in [4.78, 5) is 21.2. The summed E-state index contributed by atoms with van der Waals surface area (Å²) < 4.78 is 0. The molecule has 33 heavy (non-hydrogen) atoms. The molecule has 0 bridgehead atoms. The van der Waals surface area contributed by atoms with Crippen LogP contribution in [0, 0.1) is 0 Å². The Kier molecular flexibility index (Phi) is 6.18. The summed E-state index contributed by atoms with van der Waals surface area (Å²) in [5, 5.41) is 12.9. The van der Waals surface area contributed by atoms with E-state index < -0.39 is 12.1 Å². The first-order valence-corrected chi connectivity index (χ1v) is 11.6. The number of carbonyl (C=O) groups is 1. The Hall–Kier alpha value is -3.12. The molecule has 6 heteroatoms. The number of halogens is 1. The highest BCUT2D eigenvalue weighted by Gasteiger charge is 2.35. The fourth-order valence-electron chi connectivity index (χ4n) is 4.73. The fraction of sp³-hybridized carbons (Fsp3) is 0.222. The van der Waals surface area contributed by atoms with Crippen molar-refractivity contribution in [2.75, 3.05) is 31.1 Å². The molecule has 0 amide bonds. The van der Waals surface area contributed by atoms with Gasteiger partial charge in [-0.3, -0.25) is 9.69 Å². The molecule has 0 unspecified atom stereocenters. The maximum atomic E-state index is 13.5. The van der Waals surface area contributed by atoms with Gasteiger partial charge >= 0.3 is 0 Å². The van der Waals surface area contributed by atoms with E-state index in [4.69, 9.17) is 11.6 Å². The van der Waals surface area contributed by atoms with Crippen molar-refractivity contribution < 1.29 is 9.90 Å². The van der Waals surface area contributed by atoms with Gasteiger partial charge in [0.2, 0.25) is 0 Å². The first-order chi connectivity index (χ1) is 16.1. The SMILES string of the molecule is O=C(c1c[nH]c2ccccc12)[C@H](O)[C@H](c1ccc(Cl)cc1)N1CCN(c2ccccc2)CC1. The number of nitrogens with zero attached hydrogens (tertiary/aromatic N) is 2. The topological polar surface area (TPSA) is 59.6 Å². The van der Waals surface area contributed by atoms with Crippen LogP contribution in [0.1, 0.15) is 22.0 Å². The summed E-state index contributed by atoms with van der Waals surface area (Å²) in [5.74, 6) is -0.280. The van der Waals surface area contributed by atoms with E-state index >= 15 is 0 Å². The van der Waals surface area contributed by atoms with Crippen LogP contribution in [-0.2, 0) is 0 Å². The summed E-state index contributed by atoms with van der Waals surface area (Å²) in [6, 6.07) is 25.0. The van der Waals surface area contributed by atoms with Crippen molar-refractivity contribution in [3.8, 4) is 0 Å². The second-order valence-corrected chi connectivity index (χ2v) is 8.85. The van der Waals surface area contributed by atoms with E-state index in [2.05, 4.69) is 26.9 Å². The van der Waals surface area contributed by atoms with E-state index in [1.165, 1.54) is 5.69 Å². The van der Waals surface area contributed by atoms with E-state index in [1.807, 2.05) is 66.7 Å². The average molecular weight is 460 g/mol. The maximum absolute atomic E-state index is 13.5. The van der Waals surface area contributed by atoms with Gasteiger partial charge < -0.3 is 15.0 Å². The standard InChI is InChI=1S/C27H26ClN3O2/c28-20-12-10-19(11-13-20)25(31-16-14-30(15-17-31)21-6-2-1-3-7-21)27(33)26(32)23-18-29-24-9-5-4-8-22(23)24/h1-13,18,25,27,29,33H,14-17H2/t25-,27+/m0/s1. The van der Waals surface area contributed by atoms with Crippen molar-refractivity contribution in [1.82, 2.24) is 9.88 Å². The van der Waals surface area contributed by atoms with Crippen molar-refractivity contribution in [2.24, 2.45) is 0 Å². The quantitative estimate of drug-likeness (QED) is 0.401. The molecule has 1 aliphatic rings. The zero-order valence-electron chi connectivity index (χ0n) is 18.2. The van der Waals surface area contributed by atoms with Crippen LogP contribution in [-0.4, -0.2) is 53.1 Å². The smallest absolute Gasteiger partial charge is 0.195 e. The van der Waals surface area contributed by atoms with Crippen molar-refractivity contribution >= 4 is 34.0 Å². The van der Waals surface area contributed by atoms with Crippen molar-refractivity contribution in [3.63, 3.8) is 0 Å². The van der Waals surface area contributed by atoms with Gasteiger partial charge in [0.05, 0.1) is 6.04 Å². The summed E-state index contributed by atoms with van der Waals surface area (Å²) >= 11 is 6.12.